The fourth-order valence-corrected chi connectivity index (χ4v) is 1.34. The highest BCUT2D eigenvalue weighted by atomic mass is 16.6. The van der Waals surface area contributed by atoms with Crippen molar-refractivity contribution in [2.45, 2.75) is 39.9 Å². The standard InChI is InChI=1S/C15H20O4/c1-11(14(17)19-15(2,3)4)13(16)18-10-12-8-6-5-7-9-12/h5-9,11H,10H2,1-4H3. The van der Waals surface area contributed by atoms with Gasteiger partial charge < -0.3 is 9.47 Å². The molecule has 0 heterocycles. The van der Waals surface area contributed by atoms with Crippen LogP contribution in [0.3, 0.4) is 0 Å². The zero-order valence-electron chi connectivity index (χ0n) is 11.8. The molecule has 0 saturated heterocycles. The molecule has 0 aliphatic rings. The van der Waals surface area contributed by atoms with Gasteiger partial charge in [0.15, 0.2) is 5.92 Å². The molecule has 19 heavy (non-hydrogen) atoms. The number of hydrogen-bond donors (Lipinski definition) is 0. The van der Waals surface area contributed by atoms with Crippen molar-refractivity contribution in [3.05, 3.63) is 35.9 Å². The smallest absolute Gasteiger partial charge is 0.320 e. The Labute approximate surface area is 113 Å². The summed E-state index contributed by atoms with van der Waals surface area (Å²) in [5.41, 5.74) is 0.276. The van der Waals surface area contributed by atoms with Crippen LogP contribution in [0, 0.1) is 5.92 Å². The molecule has 4 heteroatoms. The van der Waals surface area contributed by atoms with Crippen LogP contribution in [0.4, 0.5) is 0 Å². The molecule has 1 aromatic carbocycles. The van der Waals surface area contributed by atoms with Crippen LogP contribution in [0.5, 0.6) is 0 Å². The van der Waals surface area contributed by atoms with Gasteiger partial charge in [-0.05, 0) is 33.3 Å². The first kappa shape index (κ1) is 15.2. The summed E-state index contributed by atoms with van der Waals surface area (Å²) < 4.78 is 10.2. The number of ether oxygens (including phenoxy) is 2. The lowest BCUT2D eigenvalue weighted by Gasteiger charge is -2.21. The average Bonchev–Trinajstić information content (AvgIpc) is 2.34. The molecule has 104 valence electrons. The van der Waals surface area contributed by atoms with Gasteiger partial charge >= 0.3 is 11.9 Å². The Kier molecular flexibility index (Phi) is 5.10. The fraction of sp³-hybridized carbons (Fsp3) is 0.467. The van der Waals surface area contributed by atoms with Crippen molar-refractivity contribution in [3.8, 4) is 0 Å². The minimum Gasteiger partial charge on any atom is -0.460 e. The highest BCUT2D eigenvalue weighted by molar-refractivity contribution is 5.94. The predicted octanol–water partition coefficient (Wildman–Crippen LogP) is 2.71. The molecule has 0 radical (unpaired) electrons. The molecule has 0 N–H and O–H groups in total. The number of esters is 2. The summed E-state index contributed by atoms with van der Waals surface area (Å²) in [7, 11) is 0. The van der Waals surface area contributed by atoms with E-state index < -0.39 is 23.5 Å². The lowest BCUT2D eigenvalue weighted by Crippen LogP contribution is -2.32. The first-order valence-corrected chi connectivity index (χ1v) is 6.23. The first-order valence-electron chi connectivity index (χ1n) is 6.23. The SMILES string of the molecule is CC(C(=O)OCc1ccccc1)C(=O)OC(C)(C)C. The van der Waals surface area contributed by atoms with Crippen LogP contribution in [0.15, 0.2) is 30.3 Å². The lowest BCUT2D eigenvalue weighted by atomic mass is 10.1. The van der Waals surface area contributed by atoms with Gasteiger partial charge in [0, 0.05) is 0 Å². The Balaban J connectivity index is 2.47. The molecule has 1 unspecified atom stereocenters. The second-order valence-electron chi connectivity index (χ2n) is 5.35. The Bertz CT molecular complexity index is 431. The second kappa shape index (κ2) is 6.36. The van der Waals surface area contributed by atoms with Crippen LogP contribution in [-0.2, 0) is 25.7 Å². The number of benzene rings is 1. The molecule has 4 nitrogen and oxygen atoms in total. The second-order valence-corrected chi connectivity index (χ2v) is 5.35. The quantitative estimate of drug-likeness (QED) is 0.619. The molecule has 0 aliphatic carbocycles. The molecule has 0 aromatic heterocycles. The van der Waals surface area contributed by atoms with E-state index in [-0.39, 0.29) is 6.61 Å². The third-order valence-corrected chi connectivity index (χ3v) is 2.34. The molecule has 0 fully saturated rings. The van der Waals surface area contributed by atoms with Gasteiger partial charge in [-0.15, -0.1) is 0 Å². The topological polar surface area (TPSA) is 52.6 Å². The fourth-order valence-electron chi connectivity index (χ4n) is 1.34. The largest absolute Gasteiger partial charge is 0.460 e. The summed E-state index contributed by atoms with van der Waals surface area (Å²) in [5.74, 6) is -2.05. The van der Waals surface area contributed by atoms with Gasteiger partial charge in [0.05, 0.1) is 0 Å². The van der Waals surface area contributed by atoms with Crippen molar-refractivity contribution < 1.29 is 19.1 Å². The highest BCUT2D eigenvalue weighted by Gasteiger charge is 2.28. The van der Waals surface area contributed by atoms with Crippen LogP contribution in [-0.4, -0.2) is 17.5 Å². The first-order chi connectivity index (χ1) is 8.79. The number of carbonyl (C=O) groups is 2. The third-order valence-electron chi connectivity index (χ3n) is 2.34. The van der Waals surface area contributed by atoms with Crippen molar-refractivity contribution in [3.63, 3.8) is 0 Å². The molecule has 1 atom stereocenters. The normalized spacial score (nSPS) is 12.6. The zero-order chi connectivity index (χ0) is 14.5. The number of hydrogen-bond acceptors (Lipinski definition) is 4. The van der Waals surface area contributed by atoms with Crippen LogP contribution in [0.1, 0.15) is 33.3 Å². The van der Waals surface area contributed by atoms with Crippen molar-refractivity contribution in [2.75, 3.05) is 0 Å². The van der Waals surface area contributed by atoms with Crippen molar-refractivity contribution in [2.24, 2.45) is 5.92 Å². The molecule has 0 aliphatic heterocycles. The minimum atomic E-state index is -0.914. The summed E-state index contributed by atoms with van der Waals surface area (Å²) >= 11 is 0. The van der Waals surface area contributed by atoms with Crippen molar-refractivity contribution in [1.29, 1.82) is 0 Å². The highest BCUT2D eigenvalue weighted by Crippen LogP contribution is 2.13. The maximum Gasteiger partial charge on any atom is 0.320 e. The molecule has 1 rings (SSSR count). The third kappa shape index (κ3) is 5.55. The van der Waals surface area contributed by atoms with E-state index in [1.807, 2.05) is 30.3 Å². The Morgan fingerprint density at radius 3 is 2.21 bits per heavy atom. The van der Waals surface area contributed by atoms with E-state index in [0.29, 0.717) is 0 Å². The van der Waals surface area contributed by atoms with Crippen molar-refractivity contribution >= 4 is 11.9 Å². The van der Waals surface area contributed by atoms with Crippen LogP contribution in [0.2, 0.25) is 0 Å². The van der Waals surface area contributed by atoms with Gasteiger partial charge in [0.2, 0.25) is 0 Å². The van der Waals surface area contributed by atoms with E-state index in [4.69, 9.17) is 9.47 Å². The number of carbonyl (C=O) groups excluding carboxylic acids is 2. The Morgan fingerprint density at radius 2 is 1.68 bits per heavy atom. The zero-order valence-corrected chi connectivity index (χ0v) is 11.8. The average molecular weight is 264 g/mol. The van der Waals surface area contributed by atoms with Gasteiger partial charge in [-0.25, -0.2) is 0 Å². The number of rotatable bonds is 4. The van der Waals surface area contributed by atoms with Gasteiger partial charge in [0.1, 0.15) is 12.2 Å². The Hall–Kier alpha value is -1.84. The minimum absolute atomic E-state index is 0.160. The maximum atomic E-state index is 11.7. The van der Waals surface area contributed by atoms with Crippen molar-refractivity contribution in [1.82, 2.24) is 0 Å². The van der Waals surface area contributed by atoms with Gasteiger partial charge in [-0.2, -0.15) is 0 Å². The van der Waals surface area contributed by atoms with E-state index >= 15 is 0 Å². The molecule has 0 amide bonds. The van der Waals surface area contributed by atoms with E-state index in [2.05, 4.69) is 0 Å². The molecule has 0 saturated carbocycles. The monoisotopic (exact) mass is 264 g/mol. The van der Waals surface area contributed by atoms with Crippen LogP contribution in [0.25, 0.3) is 0 Å². The van der Waals surface area contributed by atoms with E-state index in [9.17, 15) is 9.59 Å². The molecule has 1 aromatic rings. The predicted molar refractivity (Wildman–Crippen MR) is 71.2 cm³/mol. The summed E-state index contributed by atoms with van der Waals surface area (Å²) in [5, 5.41) is 0. The molecular weight excluding hydrogens is 244 g/mol. The molecular formula is C15H20O4. The van der Waals surface area contributed by atoms with E-state index in [0.717, 1.165) is 5.56 Å². The summed E-state index contributed by atoms with van der Waals surface area (Å²) in [6.07, 6.45) is 0. The summed E-state index contributed by atoms with van der Waals surface area (Å²) in [6.45, 7) is 6.92. The summed E-state index contributed by atoms with van der Waals surface area (Å²) in [4.78, 5) is 23.4. The molecule has 0 bridgehead atoms. The maximum absolute atomic E-state index is 11.7. The van der Waals surface area contributed by atoms with E-state index in [1.54, 1.807) is 20.8 Å². The van der Waals surface area contributed by atoms with E-state index in [1.165, 1.54) is 6.92 Å². The van der Waals surface area contributed by atoms with Gasteiger partial charge in [0.25, 0.3) is 0 Å². The molecule has 0 spiro atoms. The van der Waals surface area contributed by atoms with Crippen LogP contribution < -0.4 is 0 Å². The van der Waals surface area contributed by atoms with Gasteiger partial charge in [-0.1, -0.05) is 30.3 Å². The van der Waals surface area contributed by atoms with Crippen LogP contribution >= 0.6 is 0 Å². The Morgan fingerprint density at radius 1 is 1.11 bits per heavy atom. The summed E-state index contributed by atoms with van der Waals surface area (Å²) in [6, 6.07) is 9.31. The van der Waals surface area contributed by atoms with Gasteiger partial charge in [-0.3, -0.25) is 9.59 Å². The lowest BCUT2D eigenvalue weighted by molar-refractivity contribution is -0.168.